The minimum absolute atomic E-state index is 0.120. The molecule has 2 atom stereocenters. The van der Waals surface area contributed by atoms with Gasteiger partial charge in [0.05, 0.1) is 12.2 Å². The Balaban J connectivity index is 2.04. The molecule has 1 amide bonds. The maximum atomic E-state index is 12.6. The van der Waals surface area contributed by atoms with Crippen molar-refractivity contribution in [3.8, 4) is 5.75 Å². The second kappa shape index (κ2) is 7.20. The lowest BCUT2D eigenvalue weighted by Crippen LogP contribution is -2.51. The van der Waals surface area contributed by atoms with E-state index >= 15 is 0 Å². The van der Waals surface area contributed by atoms with Crippen molar-refractivity contribution in [1.82, 2.24) is 9.88 Å². The summed E-state index contributed by atoms with van der Waals surface area (Å²) < 4.78 is 5.63. The smallest absolute Gasteiger partial charge is 0.263 e. The molecule has 1 aromatic heterocycles. The molecule has 21 heavy (non-hydrogen) atoms. The minimum atomic E-state index is -0.612. The monoisotopic (exact) mass is 290 g/mol. The number of Topliss-reactive ketones (excluding diaryl/α,β-unsaturated/α-hetero) is 1. The van der Waals surface area contributed by atoms with Gasteiger partial charge in [-0.15, -0.1) is 0 Å². The van der Waals surface area contributed by atoms with E-state index < -0.39 is 6.10 Å². The van der Waals surface area contributed by atoms with Crippen LogP contribution < -0.4 is 4.74 Å². The number of likely N-dealkylation sites (tertiary alicyclic amines) is 1. The van der Waals surface area contributed by atoms with Crippen LogP contribution in [0.2, 0.25) is 0 Å². The minimum Gasteiger partial charge on any atom is -0.479 e. The van der Waals surface area contributed by atoms with E-state index in [1.165, 1.54) is 0 Å². The molecule has 0 radical (unpaired) electrons. The van der Waals surface area contributed by atoms with Crippen molar-refractivity contribution in [2.24, 2.45) is 0 Å². The summed E-state index contributed by atoms with van der Waals surface area (Å²) in [4.78, 5) is 30.2. The van der Waals surface area contributed by atoms with E-state index in [9.17, 15) is 9.59 Å². The van der Waals surface area contributed by atoms with Crippen LogP contribution in [0.1, 0.15) is 39.5 Å². The highest BCUT2D eigenvalue weighted by molar-refractivity contribution is 5.90. The van der Waals surface area contributed by atoms with Crippen LogP contribution in [-0.4, -0.2) is 40.3 Å². The molecule has 5 heteroatoms. The molecule has 0 N–H and O–H groups in total. The topological polar surface area (TPSA) is 59.5 Å². The van der Waals surface area contributed by atoms with Gasteiger partial charge in [-0.1, -0.05) is 6.92 Å². The SMILES string of the molecule is CCC(=O)C1CCCCN1C(=O)C(C)Oc1cccnc1. The zero-order valence-electron chi connectivity index (χ0n) is 12.6. The van der Waals surface area contributed by atoms with Crippen molar-refractivity contribution in [1.29, 1.82) is 0 Å². The second-order valence-corrected chi connectivity index (χ2v) is 5.31. The van der Waals surface area contributed by atoms with E-state index in [2.05, 4.69) is 4.98 Å². The second-order valence-electron chi connectivity index (χ2n) is 5.31. The fourth-order valence-corrected chi connectivity index (χ4v) is 2.67. The third-order valence-electron chi connectivity index (χ3n) is 3.80. The van der Waals surface area contributed by atoms with Crippen molar-refractivity contribution < 1.29 is 14.3 Å². The van der Waals surface area contributed by atoms with Gasteiger partial charge in [-0.25, -0.2) is 0 Å². The summed E-state index contributed by atoms with van der Waals surface area (Å²) >= 11 is 0. The van der Waals surface area contributed by atoms with Crippen LogP contribution in [0.15, 0.2) is 24.5 Å². The summed E-state index contributed by atoms with van der Waals surface area (Å²) in [6.07, 6.45) is 5.79. The van der Waals surface area contributed by atoms with Crippen molar-refractivity contribution in [3.63, 3.8) is 0 Å². The Kier molecular flexibility index (Phi) is 5.31. The molecule has 0 aromatic carbocycles. The van der Waals surface area contributed by atoms with Crippen LogP contribution in [0, 0.1) is 0 Å². The molecule has 0 bridgehead atoms. The molecule has 0 saturated carbocycles. The molecule has 5 nitrogen and oxygen atoms in total. The molecule has 2 unspecified atom stereocenters. The largest absolute Gasteiger partial charge is 0.479 e. The van der Waals surface area contributed by atoms with Crippen LogP contribution >= 0.6 is 0 Å². The highest BCUT2D eigenvalue weighted by atomic mass is 16.5. The molecule has 0 aliphatic carbocycles. The highest BCUT2D eigenvalue weighted by Crippen LogP contribution is 2.21. The summed E-state index contributed by atoms with van der Waals surface area (Å²) in [5, 5.41) is 0. The van der Waals surface area contributed by atoms with Gasteiger partial charge in [0.2, 0.25) is 0 Å². The van der Waals surface area contributed by atoms with Gasteiger partial charge in [-0.05, 0) is 38.3 Å². The van der Waals surface area contributed by atoms with Crippen LogP contribution in [0.5, 0.6) is 5.75 Å². The van der Waals surface area contributed by atoms with E-state index in [1.54, 1.807) is 36.4 Å². The van der Waals surface area contributed by atoms with E-state index in [0.29, 0.717) is 18.7 Å². The summed E-state index contributed by atoms with van der Waals surface area (Å²) in [7, 11) is 0. The zero-order chi connectivity index (χ0) is 15.2. The Bertz CT molecular complexity index is 490. The molecule has 1 aromatic rings. The lowest BCUT2D eigenvalue weighted by atomic mass is 9.96. The zero-order valence-corrected chi connectivity index (χ0v) is 12.6. The number of nitrogens with zero attached hydrogens (tertiary/aromatic N) is 2. The van der Waals surface area contributed by atoms with Crippen LogP contribution in [-0.2, 0) is 9.59 Å². The summed E-state index contributed by atoms with van der Waals surface area (Å²) in [5.74, 6) is 0.579. The Morgan fingerprint density at radius 3 is 2.95 bits per heavy atom. The molecular formula is C16H22N2O3. The quantitative estimate of drug-likeness (QED) is 0.834. The molecule has 1 saturated heterocycles. The first-order chi connectivity index (χ1) is 10.1. The van der Waals surface area contributed by atoms with Gasteiger partial charge >= 0.3 is 0 Å². The number of ether oxygens (including phenoxy) is 1. The van der Waals surface area contributed by atoms with Crippen molar-refractivity contribution >= 4 is 11.7 Å². The normalized spacial score (nSPS) is 19.9. The average molecular weight is 290 g/mol. The fourth-order valence-electron chi connectivity index (χ4n) is 2.67. The van der Waals surface area contributed by atoms with Crippen molar-refractivity contribution in [2.75, 3.05) is 6.54 Å². The predicted molar refractivity (Wildman–Crippen MR) is 79.0 cm³/mol. The summed E-state index contributed by atoms with van der Waals surface area (Å²) in [6.45, 7) is 4.20. The first-order valence-electron chi connectivity index (χ1n) is 7.53. The summed E-state index contributed by atoms with van der Waals surface area (Å²) in [6, 6.07) is 3.24. The Morgan fingerprint density at radius 1 is 1.48 bits per heavy atom. The third-order valence-corrected chi connectivity index (χ3v) is 3.80. The fraction of sp³-hybridized carbons (Fsp3) is 0.562. The Hall–Kier alpha value is -1.91. The molecular weight excluding hydrogens is 268 g/mol. The molecule has 2 rings (SSSR count). The van der Waals surface area contributed by atoms with Crippen molar-refractivity contribution in [3.05, 3.63) is 24.5 Å². The predicted octanol–water partition coefficient (Wildman–Crippen LogP) is 2.21. The number of ketones is 1. The Labute approximate surface area is 125 Å². The number of hydrogen-bond donors (Lipinski definition) is 0. The van der Waals surface area contributed by atoms with Crippen LogP contribution in [0.4, 0.5) is 0 Å². The van der Waals surface area contributed by atoms with Gasteiger partial charge < -0.3 is 9.64 Å². The number of pyridine rings is 1. The maximum Gasteiger partial charge on any atom is 0.263 e. The third kappa shape index (κ3) is 3.80. The lowest BCUT2D eigenvalue weighted by molar-refractivity contribution is -0.146. The number of amides is 1. The molecule has 1 fully saturated rings. The number of rotatable bonds is 5. The summed E-state index contributed by atoms with van der Waals surface area (Å²) in [5.41, 5.74) is 0. The lowest BCUT2D eigenvalue weighted by Gasteiger charge is -2.36. The highest BCUT2D eigenvalue weighted by Gasteiger charge is 2.33. The molecule has 114 valence electrons. The van der Waals surface area contributed by atoms with Gasteiger partial charge in [0, 0.05) is 19.2 Å². The number of carbonyl (C=O) groups is 2. The van der Waals surface area contributed by atoms with E-state index in [4.69, 9.17) is 4.74 Å². The number of carbonyl (C=O) groups excluding carboxylic acids is 2. The molecule has 0 spiro atoms. The average Bonchev–Trinajstić information content (AvgIpc) is 2.54. The number of piperidine rings is 1. The molecule has 1 aliphatic rings. The van der Waals surface area contributed by atoms with Gasteiger partial charge in [-0.3, -0.25) is 14.6 Å². The van der Waals surface area contributed by atoms with E-state index in [0.717, 1.165) is 19.3 Å². The van der Waals surface area contributed by atoms with Crippen molar-refractivity contribution in [2.45, 2.75) is 51.7 Å². The first kappa shape index (κ1) is 15.5. The van der Waals surface area contributed by atoms with Crippen LogP contribution in [0.3, 0.4) is 0 Å². The molecule has 2 heterocycles. The standard InChI is InChI=1S/C16H22N2O3/c1-3-15(19)14-8-4-5-10-18(14)16(20)12(2)21-13-7-6-9-17-11-13/h6-7,9,11-12,14H,3-5,8,10H2,1-2H3. The number of hydrogen-bond acceptors (Lipinski definition) is 4. The van der Waals surface area contributed by atoms with Gasteiger partial charge in [0.25, 0.3) is 5.91 Å². The first-order valence-corrected chi connectivity index (χ1v) is 7.53. The van der Waals surface area contributed by atoms with E-state index in [1.807, 2.05) is 6.92 Å². The maximum absolute atomic E-state index is 12.6. The Morgan fingerprint density at radius 2 is 2.29 bits per heavy atom. The van der Waals surface area contributed by atoms with Crippen LogP contribution in [0.25, 0.3) is 0 Å². The van der Waals surface area contributed by atoms with Gasteiger partial charge in [-0.2, -0.15) is 0 Å². The van der Waals surface area contributed by atoms with Gasteiger partial charge in [0.1, 0.15) is 5.75 Å². The van der Waals surface area contributed by atoms with Gasteiger partial charge in [0.15, 0.2) is 11.9 Å². The number of aromatic nitrogens is 1. The van der Waals surface area contributed by atoms with E-state index in [-0.39, 0.29) is 17.7 Å². The molecule has 1 aliphatic heterocycles.